The van der Waals surface area contributed by atoms with Gasteiger partial charge in [0, 0.05) is 28.8 Å². The summed E-state index contributed by atoms with van der Waals surface area (Å²) in [4.78, 5) is 3.24. The third kappa shape index (κ3) is 8.72. The third-order valence-electron chi connectivity index (χ3n) is 10.4. The molecule has 12 heteroatoms. The van der Waals surface area contributed by atoms with Gasteiger partial charge in [0.15, 0.2) is 6.54 Å². The normalized spacial score (nSPS) is 15.5. The van der Waals surface area contributed by atoms with Gasteiger partial charge in [-0.1, -0.05) is 145 Å². The summed E-state index contributed by atoms with van der Waals surface area (Å²) < 4.78 is 73.3. The van der Waals surface area contributed by atoms with Crippen LogP contribution in [0.2, 0.25) is 0 Å². The maximum absolute atomic E-state index is 12.4. The lowest BCUT2D eigenvalue weighted by Gasteiger charge is -2.27. The number of thiazole rings is 1. The summed E-state index contributed by atoms with van der Waals surface area (Å²) in [5, 5.41) is 6.08. The van der Waals surface area contributed by atoms with Gasteiger partial charge in [0.25, 0.3) is 25.2 Å². The summed E-state index contributed by atoms with van der Waals surface area (Å²) in [6, 6.07) is 43.6. The van der Waals surface area contributed by atoms with Crippen LogP contribution < -0.4 is 9.47 Å². The SMILES string of the molecule is CCC(=C/c1sc2ccc3ccccc3c2[n+]1CC(CS(=O)(=O)O)c1ccccc1)/C=C1\Sc2ccc3ccccc3c2N1CC(CS(=O)(=O)O)c1ccccc1. The van der Waals surface area contributed by atoms with Gasteiger partial charge < -0.3 is 4.90 Å². The second-order valence-corrected chi connectivity index (χ2v) is 19.4. The summed E-state index contributed by atoms with van der Waals surface area (Å²) in [6.07, 6.45) is 4.99. The van der Waals surface area contributed by atoms with E-state index in [1.54, 1.807) is 23.1 Å². The number of aromatic nitrogens is 1. The molecule has 8 rings (SSSR count). The first kappa shape index (κ1) is 39.0. The molecular formula is C45H41N2O6S4+. The van der Waals surface area contributed by atoms with Gasteiger partial charge in [-0.2, -0.15) is 21.4 Å². The van der Waals surface area contributed by atoms with Crippen LogP contribution in [0.4, 0.5) is 5.69 Å². The molecule has 0 saturated heterocycles. The number of allylic oxidation sites excluding steroid dienone is 2. The minimum Gasteiger partial charge on any atom is -0.334 e. The zero-order chi connectivity index (χ0) is 39.7. The van der Waals surface area contributed by atoms with Gasteiger partial charge in [0.2, 0.25) is 5.52 Å². The van der Waals surface area contributed by atoms with E-state index >= 15 is 0 Å². The Morgan fingerprint density at radius 1 is 0.702 bits per heavy atom. The van der Waals surface area contributed by atoms with E-state index in [2.05, 4.69) is 77.1 Å². The predicted molar refractivity (Wildman–Crippen MR) is 234 cm³/mol. The molecule has 1 aliphatic heterocycles. The number of thioether (sulfide) groups is 1. The highest BCUT2D eigenvalue weighted by atomic mass is 32.2. The van der Waals surface area contributed by atoms with E-state index in [0.717, 1.165) is 69.1 Å². The summed E-state index contributed by atoms with van der Waals surface area (Å²) in [7, 11) is -8.63. The number of anilines is 1. The fraction of sp³-hybridized carbons (Fsp3) is 0.178. The number of nitrogens with zero attached hydrogens (tertiary/aromatic N) is 2. The van der Waals surface area contributed by atoms with Crippen LogP contribution in [0.1, 0.15) is 41.3 Å². The number of hydrogen-bond donors (Lipinski definition) is 2. The molecule has 1 aromatic heterocycles. The second-order valence-electron chi connectivity index (χ2n) is 14.3. The molecule has 7 aromatic rings. The van der Waals surface area contributed by atoms with Crippen LogP contribution in [0.25, 0.3) is 37.8 Å². The Morgan fingerprint density at radius 3 is 1.91 bits per heavy atom. The fourth-order valence-corrected chi connectivity index (χ4v) is 11.7. The van der Waals surface area contributed by atoms with Crippen molar-refractivity contribution in [3.63, 3.8) is 0 Å². The Balaban J connectivity index is 1.28. The highest BCUT2D eigenvalue weighted by Gasteiger charge is 2.33. The molecular weight excluding hydrogens is 793 g/mol. The van der Waals surface area contributed by atoms with Gasteiger partial charge >= 0.3 is 0 Å². The van der Waals surface area contributed by atoms with Crippen molar-refractivity contribution < 1.29 is 30.5 Å². The molecule has 290 valence electrons. The summed E-state index contributed by atoms with van der Waals surface area (Å²) >= 11 is 3.26. The minimum absolute atomic E-state index is 0.309. The first-order chi connectivity index (χ1) is 27.4. The average molecular weight is 834 g/mol. The molecule has 0 aliphatic carbocycles. The smallest absolute Gasteiger partial charge is 0.265 e. The molecule has 2 N–H and O–H groups in total. The van der Waals surface area contributed by atoms with Crippen LogP contribution in [0.5, 0.6) is 0 Å². The molecule has 0 fully saturated rings. The molecule has 57 heavy (non-hydrogen) atoms. The molecule has 0 saturated carbocycles. The summed E-state index contributed by atoms with van der Waals surface area (Å²) in [5.41, 5.74) is 4.64. The number of rotatable bonds is 13. The van der Waals surface area contributed by atoms with Crippen molar-refractivity contribution in [3.8, 4) is 0 Å². The molecule has 2 heterocycles. The Bertz CT molecular complexity index is 2890. The van der Waals surface area contributed by atoms with Crippen molar-refractivity contribution in [2.75, 3.05) is 23.0 Å². The van der Waals surface area contributed by atoms with Crippen molar-refractivity contribution in [3.05, 3.63) is 166 Å². The lowest BCUT2D eigenvalue weighted by molar-refractivity contribution is -0.670. The van der Waals surface area contributed by atoms with Crippen LogP contribution >= 0.6 is 23.1 Å². The Labute approximate surface area is 341 Å². The number of hydrogen-bond acceptors (Lipinski definition) is 7. The lowest BCUT2D eigenvalue weighted by Crippen LogP contribution is -2.40. The zero-order valence-corrected chi connectivity index (χ0v) is 34.4. The van der Waals surface area contributed by atoms with E-state index in [-0.39, 0.29) is 0 Å². The Hall–Kier alpha value is -4.82. The van der Waals surface area contributed by atoms with Crippen LogP contribution in [0.15, 0.2) is 155 Å². The van der Waals surface area contributed by atoms with Crippen LogP contribution in [0, 0.1) is 0 Å². The number of fused-ring (bicyclic) bond motifs is 6. The Kier molecular flexibility index (Phi) is 11.1. The summed E-state index contributed by atoms with van der Waals surface area (Å²) in [5.74, 6) is -1.91. The number of benzene rings is 6. The fourth-order valence-electron chi connectivity index (χ4n) is 7.80. The van der Waals surface area contributed by atoms with Crippen molar-refractivity contribution in [2.45, 2.75) is 36.6 Å². The lowest BCUT2D eigenvalue weighted by atomic mass is 9.99. The van der Waals surface area contributed by atoms with Crippen molar-refractivity contribution >= 4 is 86.9 Å². The molecule has 6 aromatic carbocycles. The highest BCUT2D eigenvalue weighted by Crippen LogP contribution is 2.51. The van der Waals surface area contributed by atoms with Gasteiger partial charge in [0.05, 0.1) is 33.5 Å². The quantitative estimate of drug-likeness (QED) is 0.0872. The van der Waals surface area contributed by atoms with Crippen molar-refractivity contribution in [1.29, 1.82) is 0 Å². The molecule has 0 radical (unpaired) electrons. The van der Waals surface area contributed by atoms with E-state index in [1.807, 2.05) is 84.9 Å². The first-order valence-electron chi connectivity index (χ1n) is 18.7. The largest absolute Gasteiger partial charge is 0.334 e. The topological polar surface area (TPSA) is 116 Å². The van der Waals surface area contributed by atoms with Gasteiger partial charge in [-0.3, -0.25) is 9.11 Å². The van der Waals surface area contributed by atoms with Gasteiger partial charge in [-0.25, -0.2) is 0 Å². The van der Waals surface area contributed by atoms with Gasteiger partial charge in [-0.05, 0) is 58.2 Å². The first-order valence-corrected chi connectivity index (χ1v) is 23.5. The monoisotopic (exact) mass is 833 g/mol. The second kappa shape index (κ2) is 16.2. The molecule has 1 aliphatic rings. The van der Waals surface area contributed by atoms with Crippen LogP contribution in [0.3, 0.4) is 0 Å². The summed E-state index contributed by atoms with van der Waals surface area (Å²) in [6.45, 7) is 2.71. The van der Waals surface area contributed by atoms with Gasteiger partial charge in [0.1, 0.15) is 4.70 Å². The van der Waals surface area contributed by atoms with Crippen LogP contribution in [-0.4, -0.2) is 44.0 Å². The maximum Gasteiger partial charge on any atom is 0.265 e. The maximum atomic E-state index is 12.4. The van der Waals surface area contributed by atoms with E-state index in [1.165, 1.54) is 0 Å². The third-order valence-corrected chi connectivity index (χ3v) is 14.3. The molecule has 2 atom stereocenters. The van der Waals surface area contributed by atoms with E-state index in [4.69, 9.17) is 0 Å². The van der Waals surface area contributed by atoms with Crippen LogP contribution in [-0.2, 0) is 26.8 Å². The molecule has 2 unspecified atom stereocenters. The molecule has 0 amide bonds. The van der Waals surface area contributed by atoms with Crippen molar-refractivity contribution in [1.82, 2.24) is 0 Å². The zero-order valence-electron chi connectivity index (χ0n) is 31.1. The van der Waals surface area contributed by atoms with Crippen molar-refractivity contribution in [2.24, 2.45) is 0 Å². The molecule has 0 spiro atoms. The minimum atomic E-state index is -4.31. The highest BCUT2D eigenvalue weighted by molar-refractivity contribution is 8.03. The predicted octanol–water partition coefficient (Wildman–Crippen LogP) is 10.1. The van der Waals surface area contributed by atoms with Gasteiger partial charge in [-0.15, -0.1) is 0 Å². The standard InChI is InChI=1S/C45H40N2O6S4/c1-2-31(25-42-46(27-36(29-56(48,49)50)32-13-5-3-6-14-32)44-38-19-11-9-17-34(38)21-23-40(44)54-42)26-43-47(28-37(30-57(51,52)53)33-15-7-4-8-16-33)45-39-20-12-10-18-35(39)22-24-41(45)55-43/h3-26,36-37H,2,27-30H2,1H3,(H-,48,49,50,51,52,53)/p+1. The molecule has 8 nitrogen and oxygen atoms in total. The average Bonchev–Trinajstić information content (AvgIpc) is 3.73. The van der Waals surface area contributed by atoms with E-state index < -0.39 is 43.6 Å². The Morgan fingerprint density at radius 2 is 1.26 bits per heavy atom. The van der Waals surface area contributed by atoms with E-state index in [9.17, 15) is 25.9 Å². The van der Waals surface area contributed by atoms with E-state index in [0.29, 0.717) is 19.5 Å². The molecule has 0 bridgehead atoms.